The highest BCUT2D eigenvalue weighted by atomic mass is 35.5. The highest BCUT2D eigenvalue weighted by Gasteiger charge is 2.62. The minimum absolute atomic E-state index is 0.0397. The Morgan fingerprint density at radius 2 is 1.85 bits per heavy atom. The lowest BCUT2D eigenvalue weighted by molar-refractivity contribution is -0.148. The number of hydrogen-bond acceptors (Lipinski definition) is 12. The molecule has 314 valence electrons. The topological polar surface area (TPSA) is 175 Å². The Balaban J connectivity index is 1.22. The lowest BCUT2D eigenvalue weighted by atomic mass is 9.85. The van der Waals surface area contributed by atoms with Crippen LogP contribution in [0.25, 0.3) is 27.1 Å². The predicted molar refractivity (Wildman–Crippen MR) is 222 cm³/mol. The number of rotatable bonds is 14. The van der Waals surface area contributed by atoms with Gasteiger partial charge in [-0.1, -0.05) is 38.4 Å². The summed E-state index contributed by atoms with van der Waals surface area (Å²) < 4.78 is 23.2. The molecule has 8 atom stereocenters. The second-order valence-corrected chi connectivity index (χ2v) is 18.5. The Kier molecular flexibility index (Phi) is 11.7. The first-order chi connectivity index (χ1) is 28.0. The van der Waals surface area contributed by atoms with Crippen molar-refractivity contribution >= 4 is 62.8 Å². The van der Waals surface area contributed by atoms with E-state index in [1.807, 2.05) is 40.0 Å². The molecule has 0 unspecified atom stereocenters. The number of carbonyl (C=O) groups is 4. The second-order valence-electron chi connectivity index (χ2n) is 17.2. The van der Waals surface area contributed by atoms with Crippen molar-refractivity contribution in [3.63, 3.8) is 0 Å². The summed E-state index contributed by atoms with van der Waals surface area (Å²) in [6, 6.07) is 3.06. The van der Waals surface area contributed by atoms with Gasteiger partial charge in [0.15, 0.2) is 5.13 Å². The van der Waals surface area contributed by atoms with E-state index in [9.17, 15) is 19.2 Å². The standard InChI is InChI=1S/C42H50ClN7O8S/c1-9-24-17-42(24,38(53)55-8)49-36(51)30-15-26(18-50(30)37(52)35(41(4,5)6)48-40(54)58-25-13-22-12-23(22)14-25)57-32-16-28(29-19-59-39(47-29)45-21(2)3)46-34-27(32)10-11-31(33(34)43)56-20-44-7/h9-11,16,19,21-26,30,35H,1,12-15,17-18,20H2,2-6,8H3,(H,45,47)(H,48,54)(H,49,51)/t22-,23+,24-,25+,26-,30+,35-,42-/m1/s1. The van der Waals surface area contributed by atoms with Crippen molar-refractivity contribution in [1.29, 1.82) is 0 Å². The molecule has 0 spiro atoms. The van der Waals surface area contributed by atoms with Gasteiger partial charge in [0.2, 0.25) is 11.8 Å². The molecule has 4 aliphatic rings. The van der Waals surface area contributed by atoms with Gasteiger partial charge in [-0.15, -0.1) is 17.9 Å². The molecule has 0 bridgehead atoms. The normalized spacial score (nSPS) is 26.0. The van der Waals surface area contributed by atoms with Gasteiger partial charge in [-0.25, -0.2) is 26.1 Å². The molecule has 17 heteroatoms. The van der Waals surface area contributed by atoms with E-state index < -0.39 is 53.0 Å². The number of methoxy groups -OCH3 is 1. The van der Waals surface area contributed by atoms with Crippen molar-refractivity contribution in [3.8, 4) is 22.9 Å². The van der Waals surface area contributed by atoms with Gasteiger partial charge in [0.05, 0.1) is 24.9 Å². The van der Waals surface area contributed by atoms with Crippen LogP contribution in [0.15, 0.2) is 36.2 Å². The van der Waals surface area contributed by atoms with Gasteiger partial charge >= 0.3 is 18.8 Å². The fourth-order valence-electron chi connectivity index (χ4n) is 8.27. The van der Waals surface area contributed by atoms with Gasteiger partial charge in [-0.05, 0) is 68.9 Å². The van der Waals surface area contributed by atoms with Crippen LogP contribution in [0.3, 0.4) is 0 Å². The predicted octanol–water partition coefficient (Wildman–Crippen LogP) is 6.61. The molecular formula is C42H50ClN7O8S. The highest BCUT2D eigenvalue weighted by Crippen LogP contribution is 2.52. The number of likely N-dealkylation sites (tertiary alicyclic amines) is 1. The van der Waals surface area contributed by atoms with Crippen LogP contribution in [0.5, 0.6) is 11.5 Å². The number of halogens is 1. The summed E-state index contributed by atoms with van der Waals surface area (Å²) in [6.45, 7) is 20.2. The maximum Gasteiger partial charge on any atom is 0.408 e. The van der Waals surface area contributed by atoms with Crippen molar-refractivity contribution in [3.05, 3.63) is 52.7 Å². The number of anilines is 1. The molecule has 15 nitrogen and oxygen atoms in total. The van der Waals surface area contributed by atoms with E-state index in [1.54, 1.807) is 24.3 Å². The highest BCUT2D eigenvalue weighted by molar-refractivity contribution is 7.14. The minimum Gasteiger partial charge on any atom is -0.488 e. The third kappa shape index (κ3) is 8.77. The number of nitrogens with zero attached hydrogens (tertiary/aromatic N) is 4. The molecule has 1 aromatic carbocycles. The molecule has 0 radical (unpaired) electrons. The van der Waals surface area contributed by atoms with Crippen LogP contribution in [0.1, 0.15) is 66.7 Å². The van der Waals surface area contributed by atoms with Crippen molar-refractivity contribution in [2.75, 3.05) is 25.7 Å². The Hall–Kier alpha value is -5.14. The lowest BCUT2D eigenvalue weighted by Crippen LogP contribution is -2.59. The molecule has 3 aromatic rings. The summed E-state index contributed by atoms with van der Waals surface area (Å²) in [5.41, 5.74) is -0.755. The number of alkyl carbamates (subject to hydrolysis) is 1. The van der Waals surface area contributed by atoms with Crippen LogP contribution in [0, 0.1) is 29.7 Å². The smallest absolute Gasteiger partial charge is 0.408 e. The maximum absolute atomic E-state index is 14.8. The van der Waals surface area contributed by atoms with E-state index >= 15 is 0 Å². The number of esters is 1. The number of nitrogens with one attached hydrogen (secondary N) is 3. The third-order valence-corrected chi connectivity index (χ3v) is 12.6. The Morgan fingerprint density at radius 3 is 2.49 bits per heavy atom. The fraction of sp³-hybridized carbons (Fsp3) is 0.548. The summed E-state index contributed by atoms with van der Waals surface area (Å²) in [5.74, 6) is -0.220. The third-order valence-electron chi connectivity index (χ3n) is 11.5. The molecule has 59 heavy (non-hydrogen) atoms. The van der Waals surface area contributed by atoms with Crippen molar-refractivity contribution in [2.24, 2.45) is 23.2 Å². The second kappa shape index (κ2) is 16.5. The zero-order valence-corrected chi connectivity index (χ0v) is 35.6. The van der Waals surface area contributed by atoms with Gasteiger partial charge in [-0.3, -0.25) is 14.4 Å². The molecule has 3 N–H and O–H groups in total. The summed E-state index contributed by atoms with van der Waals surface area (Å²) in [4.78, 5) is 69.7. The first-order valence-electron chi connectivity index (χ1n) is 19.8. The fourth-order valence-corrected chi connectivity index (χ4v) is 9.38. The van der Waals surface area contributed by atoms with Crippen LogP contribution in [0.4, 0.5) is 9.93 Å². The number of pyridine rings is 1. The number of hydrogen-bond donors (Lipinski definition) is 3. The van der Waals surface area contributed by atoms with Gasteiger partial charge in [0.1, 0.15) is 52.0 Å². The molecule has 4 fully saturated rings. The Labute approximate surface area is 352 Å². The summed E-state index contributed by atoms with van der Waals surface area (Å²) >= 11 is 8.28. The van der Waals surface area contributed by atoms with Gasteiger partial charge in [-0.2, -0.15) is 0 Å². The lowest BCUT2D eigenvalue weighted by Gasteiger charge is -2.35. The van der Waals surface area contributed by atoms with E-state index in [2.05, 4.69) is 27.4 Å². The van der Waals surface area contributed by atoms with Crippen LogP contribution in [0.2, 0.25) is 5.02 Å². The molecule has 3 saturated carbocycles. The molecule has 3 heterocycles. The number of ether oxygens (including phenoxy) is 4. The Bertz CT molecular complexity index is 2190. The minimum atomic E-state index is -1.31. The number of thiazole rings is 1. The number of amides is 3. The number of aromatic nitrogens is 2. The van der Waals surface area contributed by atoms with Gasteiger partial charge < -0.3 is 39.8 Å². The van der Waals surface area contributed by atoms with Crippen LogP contribution in [-0.2, 0) is 23.9 Å². The molecule has 3 aliphatic carbocycles. The first-order valence-corrected chi connectivity index (χ1v) is 21.1. The van der Waals surface area contributed by atoms with Crippen molar-refractivity contribution in [1.82, 2.24) is 25.5 Å². The number of carbonyl (C=O) groups excluding carboxylic acids is 4. The number of fused-ring (bicyclic) bond motifs is 2. The quantitative estimate of drug-likeness (QED) is 0.0905. The zero-order chi connectivity index (χ0) is 42.4. The molecule has 3 amide bonds. The van der Waals surface area contributed by atoms with E-state index in [0.29, 0.717) is 51.4 Å². The molecule has 1 aliphatic heterocycles. The van der Waals surface area contributed by atoms with Crippen molar-refractivity contribution < 1.29 is 38.1 Å². The van der Waals surface area contributed by atoms with E-state index in [4.69, 9.17) is 47.1 Å². The average Bonchev–Trinajstić information content (AvgIpc) is 3.85. The average molecular weight is 848 g/mol. The molecular weight excluding hydrogens is 798 g/mol. The van der Waals surface area contributed by atoms with Gasteiger partial charge in [0.25, 0.3) is 0 Å². The van der Waals surface area contributed by atoms with E-state index in [-0.39, 0.29) is 48.5 Å². The molecule has 2 aromatic heterocycles. The molecule has 1 saturated heterocycles. The van der Waals surface area contributed by atoms with E-state index in [0.717, 1.165) is 12.8 Å². The van der Waals surface area contributed by atoms with E-state index in [1.165, 1.54) is 29.8 Å². The summed E-state index contributed by atoms with van der Waals surface area (Å²) in [6.07, 6.45) is 3.10. The Morgan fingerprint density at radius 1 is 1.10 bits per heavy atom. The van der Waals surface area contributed by atoms with Gasteiger partial charge in [0, 0.05) is 35.2 Å². The van der Waals surface area contributed by atoms with Crippen LogP contribution in [-0.4, -0.2) is 95.0 Å². The summed E-state index contributed by atoms with van der Waals surface area (Å²) in [7, 11) is 1.25. The van der Waals surface area contributed by atoms with Crippen LogP contribution >= 0.6 is 22.9 Å². The first kappa shape index (κ1) is 42.0. The SMILES string of the molecule is [C-]#[N+]COc1ccc2c(O[C@@H]3C[C@@H](C(=O)N[C@]4(C(=O)OC)C[C@H]4C=C)N(C(=O)[C@@H](NC(=O)O[C@@H]4C[C@@H]5C[C@@H]5C4)C(C)(C)C)C3)cc(-c3csc(NC(C)C)n3)nc2c1Cl. The monoisotopic (exact) mass is 847 g/mol. The summed E-state index contributed by atoms with van der Waals surface area (Å²) in [5, 5.41) is 12.3. The largest absolute Gasteiger partial charge is 0.488 e. The van der Waals surface area contributed by atoms with Crippen LogP contribution < -0.4 is 25.4 Å². The zero-order valence-electron chi connectivity index (χ0n) is 34.0. The van der Waals surface area contributed by atoms with Crippen molar-refractivity contribution in [2.45, 2.75) is 103 Å². The number of benzene rings is 1. The maximum atomic E-state index is 14.8. The molecule has 7 rings (SSSR count).